The van der Waals surface area contributed by atoms with Crippen molar-refractivity contribution in [1.82, 2.24) is 4.90 Å². The molecule has 0 radical (unpaired) electrons. The van der Waals surface area contributed by atoms with Crippen LogP contribution in [0, 0.1) is 0 Å². The van der Waals surface area contributed by atoms with Gasteiger partial charge in [-0.05, 0) is 48.0 Å². The molecule has 1 fully saturated rings. The smallest absolute Gasteiger partial charge is 0.248 e. The molecule has 39 heavy (non-hydrogen) atoms. The zero-order valence-corrected chi connectivity index (χ0v) is 21.5. The number of para-hydroxylation sites is 2. The first-order valence-corrected chi connectivity index (χ1v) is 13.2. The van der Waals surface area contributed by atoms with Crippen LogP contribution in [0.25, 0.3) is 6.08 Å². The van der Waals surface area contributed by atoms with Crippen molar-refractivity contribution >= 4 is 29.3 Å². The number of anilines is 2. The van der Waals surface area contributed by atoms with Gasteiger partial charge >= 0.3 is 0 Å². The monoisotopic (exact) mass is 515 g/mol. The van der Waals surface area contributed by atoms with E-state index in [0.717, 1.165) is 52.7 Å². The van der Waals surface area contributed by atoms with Crippen molar-refractivity contribution in [1.29, 1.82) is 0 Å². The van der Waals surface area contributed by atoms with E-state index in [1.54, 1.807) is 6.08 Å². The Morgan fingerprint density at radius 1 is 0.718 bits per heavy atom. The molecule has 6 nitrogen and oxygen atoms in total. The minimum atomic E-state index is -0.364. The molecule has 0 atom stereocenters. The lowest BCUT2D eigenvalue weighted by atomic mass is 9.86. The number of piperazine rings is 1. The Bertz CT molecular complexity index is 1460. The molecule has 2 heterocycles. The number of hydrogen-bond donors (Lipinski definition) is 1. The highest BCUT2D eigenvalue weighted by Crippen LogP contribution is 2.44. The maximum atomic E-state index is 13.8. The van der Waals surface area contributed by atoms with Crippen LogP contribution >= 0.6 is 0 Å². The van der Waals surface area contributed by atoms with Gasteiger partial charge in [0.15, 0.2) is 0 Å². The van der Waals surface area contributed by atoms with Crippen LogP contribution in [0.3, 0.4) is 0 Å². The number of amides is 2. The van der Waals surface area contributed by atoms with Gasteiger partial charge in [0.2, 0.25) is 11.8 Å². The fraction of sp³-hybridized carbons (Fsp3) is 0.152. The molecule has 2 amide bonds. The van der Waals surface area contributed by atoms with Gasteiger partial charge in [0, 0.05) is 54.8 Å². The van der Waals surface area contributed by atoms with Gasteiger partial charge in [-0.1, -0.05) is 66.7 Å². The Balaban J connectivity index is 1.08. The van der Waals surface area contributed by atoms with Gasteiger partial charge in [-0.15, -0.1) is 0 Å². The summed E-state index contributed by atoms with van der Waals surface area (Å²) >= 11 is 0. The van der Waals surface area contributed by atoms with Crippen LogP contribution in [0.5, 0.6) is 11.5 Å². The molecule has 6 rings (SSSR count). The van der Waals surface area contributed by atoms with Crippen LogP contribution in [0.2, 0.25) is 0 Å². The third-order valence-corrected chi connectivity index (χ3v) is 7.24. The van der Waals surface area contributed by atoms with Crippen molar-refractivity contribution in [3.8, 4) is 11.5 Å². The quantitative estimate of drug-likeness (QED) is 0.335. The number of benzene rings is 4. The minimum absolute atomic E-state index is 0.111. The number of nitrogens with one attached hydrogen (secondary N) is 1. The first-order valence-electron chi connectivity index (χ1n) is 13.2. The predicted octanol–water partition coefficient (Wildman–Crippen LogP) is 5.92. The molecule has 1 saturated heterocycles. The average molecular weight is 516 g/mol. The largest absolute Gasteiger partial charge is 0.457 e. The predicted molar refractivity (Wildman–Crippen MR) is 154 cm³/mol. The number of nitrogens with zero attached hydrogens (tertiary/aromatic N) is 2. The lowest BCUT2D eigenvalue weighted by Crippen LogP contribution is -2.50. The van der Waals surface area contributed by atoms with Gasteiger partial charge in [0.05, 0.1) is 5.92 Å². The Labute approximate surface area is 228 Å². The molecule has 4 aromatic carbocycles. The zero-order valence-electron chi connectivity index (χ0n) is 21.5. The second kappa shape index (κ2) is 10.9. The SMILES string of the molecule is O=C(C=Cc1ccccc1)Nc1ccc(N2CCN(C(=O)C3c4ccccc4Oc4ccccc43)CC2)cc1. The molecule has 194 valence electrons. The molecule has 2 aliphatic heterocycles. The van der Waals surface area contributed by atoms with Crippen LogP contribution in [-0.2, 0) is 9.59 Å². The normalized spacial score (nSPS) is 14.9. The molecule has 0 unspecified atom stereocenters. The van der Waals surface area contributed by atoms with E-state index in [1.807, 2.05) is 108 Å². The van der Waals surface area contributed by atoms with Gasteiger partial charge < -0.3 is 19.9 Å². The second-order valence-electron chi connectivity index (χ2n) is 9.70. The van der Waals surface area contributed by atoms with E-state index < -0.39 is 0 Å². The lowest BCUT2D eigenvalue weighted by Gasteiger charge is -2.38. The third kappa shape index (κ3) is 5.27. The summed E-state index contributed by atoms with van der Waals surface area (Å²) in [5.74, 6) is 1.07. The average Bonchev–Trinajstić information content (AvgIpc) is 2.99. The minimum Gasteiger partial charge on any atom is -0.457 e. The fourth-order valence-corrected chi connectivity index (χ4v) is 5.22. The van der Waals surface area contributed by atoms with E-state index in [0.29, 0.717) is 13.1 Å². The summed E-state index contributed by atoms with van der Waals surface area (Å²) < 4.78 is 6.08. The highest BCUT2D eigenvalue weighted by Gasteiger charge is 2.36. The van der Waals surface area contributed by atoms with Crippen molar-refractivity contribution in [2.45, 2.75) is 5.92 Å². The topological polar surface area (TPSA) is 61.9 Å². The molecule has 6 heteroatoms. The van der Waals surface area contributed by atoms with Gasteiger partial charge in [0.1, 0.15) is 11.5 Å². The van der Waals surface area contributed by atoms with E-state index in [1.165, 1.54) is 6.08 Å². The summed E-state index contributed by atoms with van der Waals surface area (Å²) in [7, 11) is 0. The Kier molecular flexibility index (Phi) is 6.83. The summed E-state index contributed by atoms with van der Waals surface area (Å²) in [4.78, 5) is 30.4. The number of carbonyl (C=O) groups excluding carboxylic acids is 2. The second-order valence-corrected chi connectivity index (χ2v) is 9.70. The molecule has 0 aliphatic carbocycles. The van der Waals surface area contributed by atoms with Crippen LogP contribution in [0.1, 0.15) is 22.6 Å². The summed E-state index contributed by atoms with van der Waals surface area (Å²) in [5.41, 5.74) is 4.62. The summed E-state index contributed by atoms with van der Waals surface area (Å²) in [6.07, 6.45) is 3.33. The van der Waals surface area contributed by atoms with E-state index in [-0.39, 0.29) is 17.7 Å². The molecular formula is C33H29N3O3. The molecule has 0 bridgehead atoms. The Morgan fingerprint density at radius 3 is 1.95 bits per heavy atom. The zero-order chi connectivity index (χ0) is 26.6. The number of carbonyl (C=O) groups is 2. The number of hydrogen-bond acceptors (Lipinski definition) is 4. The molecule has 2 aliphatic rings. The number of rotatable bonds is 5. The van der Waals surface area contributed by atoms with Crippen molar-refractivity contribution in [3.05, 3.63) is 126 Å². The molecule has 1 N–H and O–H groups in total. The Morgan fingerprint density at radius 2 is 1.31 bits per heavy atom. The van der Waals surface area contributed by atoms with Crippen LogP contribution in [0.15, 0.2) is 109 Å². The van der Waals surface area contributed by atoms with E-state index in [9.17, 15) is 9.59 Å². The van der Waals surface area contributed by atoms with E-state index >= 15 is 0 Å². The first-order chi connectivity index (χ1) is 19.2. The molecule has 0 aromatic heterocycles. The highest BCUT2D eigenvalue weighted by atomic mass is 16.5. The van der Waals surface area contributed by atoms with Crippen molar-refractivity contribution < 1.29 is 14.3 Å². The van der Waals surface area contributed by atoms with Gasteiger partial charge in [0.25, 0.3) is 0 Å². The number of fused-ring (bicyclic) bond motifs is 2. The summed E-state index contributed by atoms with van der Waals surface area (Å²) in [6, 6.07) is 33.2. The summed E-state index contributed by atoms with van der Waals surface area (Å²) in [5, 5.41) is 2.91. The van der Waals surface area contributed by atoms with Gasteiger partial charge in [-0.3, -0.25) is 9.59 Å². The van der Waals surface area contributed by atoms with Crippen LogP contribution in [0.4, 0.5) is 11.4 Å². The van der Waals surface area contributed by atoms with E-state index in [2.05, 4.69) is 10.2 Å². The molecule has 0 spiro atoms. The molecule has 0 saturated carbocycles. The highest BCUT2D eigenvalue weighted by molar-refractivity contribution is 6.02. The maximum Gasteiger partial charge on any atom is 0.248 e. The van der Waals surface area contributed by atoms with Crippen molar-refractivity contribution in [2.24, 2.45) is 0 Å². The third-order valence-electron chi connectivity index (χ3n) is 7.24. The fourth-order valence-electron chi connectivity index (χ4n) is 5.22. The van der Waals surface area contributed by atoms with Crippen LogP contribution < -0.4 is 15.0 Å². The van der Waals surface area contributed by atoms with Gasteiger partial charge in [-0.2, -0.15) is 0 Å². The maximum absolute atomic E-state index is 13.8. The number of ether oxygens (including phenoxy) is 1. The van der Waals surface area contributed by atoms with Crippen LogP contribution in [-0.4, -0.2) is 42.9 Å². The molecule has 4 aromatic rings. The standard InChI is InChI=1S/C33H29N3O3/c37-31(19-14-24-8-2-1-3-9-24)34-25-15-17-26(18-16-25)35-20-22-36(23-21-35)33(38)32-27-10-4-6-12-29(27)39-30-13-7-5-11-28(30)32/h1-19,32H,20-23H2,(H,34,37). The van der Waals surface area contributed by atoms with E-state index in [4.69, 9.17) is 4.74 Å². The van der Waals surface area contributed by atoms with Crippen molar-refractivity contribution in [2.75, 3.05) is 36.4 Å². The first kappa shape index (κ1) is 24.5. The Hall–Kier alpha value is -4.84. The van der Waals surface area contributed by atoms with Gasteiger partial charge in [-0.25, -0.2) is 0 Å². The summed E-state index contributed by atoms with van der Waals surface area (Å²) in [6.45, 7) is 2.76. The molecular weight excluding hydrogens is 486 g/mol. The van der Waals surface area contributed by atoms with Crippen molar-refractivity contribution in [3.63, 3.8) is 0 Å². The lowest BCUT2D eigenvalue weighted by molar-refractivity contribution is -0.132.